The fraction of sp³-hybridized carbons (Fsp3) is 0.167. The Morgan fingerprint density at radius 2 is 1.62 bits per heavy atom. The number of aliphatic hydroxyl groups is 1. The Hall–Kier alpha value is -3.44. The molecule has 0 fully saturated rings. The van der Waals surface area contributed by atoms with Gasteiger partial charge >= 0.3 is 0 Å². The Balaban J connectivity index is 1.72. The second kappa shape index (κ2) is 8.29. The van der Waals surface area contributed by atoms with Crippen molar-refractivity contribution in [2.45, 2.75) is 18.9 Å². The molecule has 3 aromatic carbocycles. The number of hydrogen-bond donors (Lipinski definition) is 3. The molecule has 3 N–H and O–H groups in total. The summed E-state index contributed by atoms with van der Waals surface area (Å²) in [5.41, 5.74) is 4.44. The van der Waals surface area contributed by atoms with Crippen LogP contribution in [-0.2, 0) is 0 Å². The molecule has 0 saturated heterocycles. The lowest BCUT2D eigenvalue weighted by Gasteiger charge is -2.15. The monoisotopic (exact) mass is 385 g/mol. The predicted octanol–water partition coefficient (Wildman–Crippen LogP) is 3.85. The number of aliphatic hydroxyl groups excluding tert-OH is 1. The van der Waals surface area contributed by atoms with Gasteiger partial charge in [0, 0.05) is 12.1 Å². The van der Waals surface area contributed by atoms with E-state index < -0.39 is 6.10 Å². The van der Waals surface area contributed by atoms with Gasteiger partial charge in [0.15, 0.2) is 0 Å². The minimum Gasteiger partial charge on any atom is -0.392 e. The van der Waals surface area contributed by atoms with Gasteiger partial charge in [0.25, 0.3) is 5.91 Å². The largest absolute Gasteiger partial charge is 0.392 e. The summed E-state index contributed by atoms with van der Waals surface area (Å²) < 4.78 is 0. The molecule has 146 valence electrons. The van der Waals surface area contributed by atoms with E-state index in [4.69, 9.17) is 4.98 Å². The number of carbonyl (C=O) groups is 1. The summed E-state index contributed by atoms with van der Waals surface area (Å²) in [6.07, 6.45) is -0.584. The second-order valence-electron chi connectivity index (χ2n) is 7.17. The van der Waals surface area contributed by atoms with Crippen LogP contribution < -0.4 is 5.32 Å². The lowest BCUT2D eigenvalue weighted by atomic mass is 9.91. The molecule has 0 radical (unpaired) electrons. The maximum absolute atomic E-state index is 12.3. The van der Waals surface area contributed by atoms with Gasteiger partial charge in [0.1, 0.15) is 5.82 Å². The maximum Gasteiger partial charge on any atom is 0.251 e. The van der Waals surface area contributed by atoms with Crippen molar-refractivity contribution in [1.29, 1.82) is 0 Å². The third kappa shape index (κ3) is 4.20. The minimum atomic E-state index is -0.584. The topological polar surface area (TPSA) is 78.0 Å². The molecule has 1 heterocycles. The molecule has 5 heteroatoms. The van der Waals surface area contributed by atoms with E-state index in [1.165, 1.54) is 0 Å². The van der Waals surface area contributed by atoms with Crippen LogP contribution in [0.3, 0.4) is 0 Å². The van der Waals surface area contributed by atoms with Crippen LogP contribution in [0.15, 0.2) is 78.9 Å². The Kier molecular flexibility index (Phi) is 5.40. The van der Waals surface area contributed by atoms with Gasteiger partial charge in [-0.1, -0.05) is 60.7 Å². The summed E-state index contributed by atoms with van der Waals surface area (Å²) in [4.78, 5) is 20.5. The first-order valence-corrected chi connectivity index (χ1v) is 9.67. The van der Waals surface area contributed by atoms with E-state index in [1.54, 1.807) is 19.1 Å². The van der Waals surface area contributed by atoms with Gasteiger partial charge in [0.2, 0.25) is 0 Å². The molecule has 1 amide bonds. The molecule has 0 spiro atoms. The zero-order valence-electron chi connectivity index (χ0n) is 16.2. The number of fused-ring (bicyclic) bond motifs is 1. The van der Waals surface area contributed by atoms with Gasteiger partial charge in [-0.15, -0.1) is 0 Å². The summed E-state index contributed by atoms with van der Waals surface area (Å²) in [5.74, 6) is 0.586. The van der Waals surface area contributed by atoms with Crippen molar-refractivity contribution in [3.05, 3.63) is 101 Å². The molecule has 0 saturated carbocycles. The van der Waals surface area contributed by atoms with Gasteiger partial charge in [-0.05, 0) is 36.2 Å². The fourth-order valence-corrected chi connectivity index (χ4v) is 3.45. The smallest absolute Gasteiger partial charge is 0.251 e. The van der Waals surface area contributed by atoms with Crippen LogP contribution >= 0.6 is 0 Å². The van der Waals surface area contributed by atoms with Crippen LogP contribution in [0.25, 0.3) is 11.0 Å². The average Bonchev–Trinajstić information content (AvgIpc) is 3.16. The number of imidazole rings is 1. The highest BCUT2D eigenvalue weighted by atomic mass is 16.3. The number of nitrogens with one attached hydrogen (secondary N) is 2. The number of nitrogens with zero attached hydrogens (tertiary/aromatic N) is 1. The quantitative estimate of drug-likeness (QED) is 0.472. The van der Waals surface area contributed by atoms with E-state index >= 15 is 0 Å². The highest BCUT2D eigenvalue weighted by Crippen LogP contribution is 2.31. The second-order valence-corrected chi connectivity index (χ2v) is 7.17. The number of aromatic nitrogens is 2. The Labute approximate surface area is 169 Å². The van der Waals surface area contributed by atoms with Crippen molar-refractivity contribution in [2.75, 3.05) is 6.54 Å². The van der Waals surface area contributed by atoms with E-state index in [2.05, 4.69) is 34.6 Å². The van der Waals surface area contributed by atoms with E-state index in [-0.39, 0.29) is 18.4 Å². The van der Waals surface area contributed by atoms with E-state index in [0.29, 0.717) is 5.56 Å². The lowest BCUT2D eigenvalue weighted by molar-refractivity contribution is 0.0924. The molecule has 1 aromatic heterocycles. The first-order valence-electron chi connectivity index (χ1n) is 9.67. The third-order valence-corrected chi connectivity index (χ3v) is 4.86. The van der Waals surface area contributed by atoms with E-state index in [9.17, 15) is 9.90 Å². The van der Waals surface area contributed by atoms with Crippen LogP contribution in [0.2, 0.25) is 0 Å². The van der Waals surface area contributed by atoms with Crippen molar-refractivity contribution in [1.82, 2.24) is 15.3 Å². The number of rotatable bonds is 6. The van der Waals surface area contributed by atoms with Crippen molar-refractivity contribution in [2.24, 2.45) is 0 Å². The highest BCUT2D eigenvalue weighted by Gasteiger charge is 2.20. The van der Waals surface area contributed by atoms with Crippen molar-refractivity contribution in [3.8, 4) is 0 Å². The molecule has 1 atom stereocenters. The number of carbonyl (C=O) groups excluding carboxylic acids is 1. The van der Waals surface area contributed by atoms with Crippen molar-refractivity contribution >= 4 is 16.9 Å². The molecule has 29 heavy (non-hydrogen) atoms. The normalized spacial score (nSPS) is 12.2. The van der Waals surface area contributed by atoms with Crippen LogP contribution in [0.4, 0.5) is 0 Å². The molecule has 0 aliphatic heterocycles. The highest BCUT2D eigenvalue weighted by molar-refractivity contribution is 5.97. The summed E-state index contributed by atoms with van der Waals surface area (Å²) >= 11 is 0. The van der Waals surface area contributed by atoms with Crippen LogP contribution in [-0.4, -0.2) is 33.6 Å². The minimum absolute atomic E-state index is 0.0303. The molecule has 4 aromatic rings. The maximum atomic E-state index is 12.3. The average molecular weight is 385 g/mol. The van der Waals surface area contributed by atoms with Crippen LogP contribution in [0, 0.1) is 0 Å². The SMILES string of the molecule is CC(O)CNC(=O)c1ccc2nc(C(c3ccccc3)c3ccccc3)[nH]c2c1. The number of hydrogen-bond acceptors (Lipinski definition) is 3. The Morgan fingerprint density at radius 3 is 2.21 bits per heavy atom. The van der Waals surface area contributed by atoms with Gasteiger partial charge in [-0.2, -0.15) is 0 Å². The van der Waals surface area contributed by atoms with Gasteiger partial charge in [-0.25, -0.2) is 4.98 Å². The molecule has 0 aliphatic rings. The molecular weight excluding hydrogens is 362 g/mol. The number of amides is 1. The summed E-state index contributed by atoms with van der Waals surface area (Å²) in [6.45, 7) is 1.85. The Morgan fingerprint density at radius 1 is 1.00 bits per heavy atom. The van der Waals surface area contributed by atoms with Crippen molar-refractivity contribution in [3.63, 3.8) is 0 Å². The van der Waals surface area contributed by atoms with E-state index in [0.717, 1.165) is 28.0 Å². The van der Waals surface area contributed by atoms with Crippen molar-refractivity contribution < 1.29 is 9.90 Å². The summed E-state index contributed by atoms with van der Waals surface area (Å²) in [5, 5.41) is 12.1. The predicted molar refractivity (Wildman–Crippen MR) is 114 cm³/mol. The standard InChI is InChI=1S/C24H23N3O2/c1-16(28)15-25-24(29)19-12-13-20-21(14-19)27-23(26-20)22(17-8-4-2-5-9-17)18-10-6-3-7-11-18/h2-14,16,22,28H,15H2,1H3,(H,25,29)(H,26,27). The molecule has 0 bridgehead atoms. The molecule has 5 nitrogen and oxygen atoms in total. The number of H-pyrrole nitrogens is 1. The molecule has 4 rings (SSSR count). The summed E-state index contributed by atoms with van der Waals surface area (Å²) in [6, 6.07) is 25.9. The van der Waals surface area contributed by atoms with Crippen LogP contribution in [0.5, 0.6) is 0 Å². The Bertz CT molecular complexity index is 1070. The third-order valence-electron chi connectivity index (χ3n) is 4.86. The first-order chi connectivity index (χ1) is 14.1. The molecular formula is C24H23N3O2. The van der Waals surface area contributed by atoms with Gasteiger partial charge in [-0.3, -0.25) is 4.79 Å². The first kappa shape index (κ1) is 18.9. The lowest BCUT2D eigenvalue weighted by Crippen LogP contribution is -2.30. The van der Waals surface area contributed by atoms with Gasteiger partial charge < -0.3 is 15.4 Å². The zero-order valence-corrected chi connectivity index (χ0v) is 16.2. The fourth-order valence-electron chi connectivity index (χ4n) is 3.45. The number of aromatic amines is 1. The van der Waals surface area contributed by atoms with E-state index in [1.807, 2.05) is 42.5 Å². The molecule has 0 aliphatic carbocycles. The molecule has 1 unspecified atom stereocenters. The zero-order chi connectivity index (χ0) is 20.2. The van der Waals surface area contributed by atoms with Crippen LogP contribution in [0.1, 0.15) is 40.2 Å². The van der Waals surface area contributed by atoms with Gasteiger partial charge in [0.05, 0.1) is 23.1 Å². The summed E-state index contributed by atoms with van der Waals surface area (Å²) in [7, 11) is 0. The number of benzene rings is 3.